The maximum atomic E-state index is 12.0. The van der Waals surface area contributed by atoms with E-state index in [9.17, 15) is 9.59 Å². The van der Waals surface area contributed by atoms with Crippen molar-refractivity contribution in [2.24, 2.45) is 4.99 Å². The first kappa shape index (κ1) is 16.1. The van der Waals surface area contributed by atoms with Gasteiger partial charge >= 0.3 is 11.9 Å². The van der Waals surface area contributed by atoms with Crippen molar-refractivity contribution in [2.45, 2.75) is 20.8 Å². The van der Waals surface area contributed by atoms with Crippen molar-refractivity contribution in [1.29, 1.82) is 0 Å². The summed E-state index contributed by atoms with van der Waals surface area (Å²) in [5.41, 5.74) is 2.67. The largest absolute Gasteiger partial charge is 0.426 e. The lowest BCUT2D eigenvalue weighted by molar-refractivity contribution is -0.132. The van der Waals surface area contributed by atoms with Crippen LogP contribution in [0.1, 0.15) is 28.5 Å². The van der Waals surface area contributed by atoms with E-state index in [4.69, 9.17) is 9.47 Å². The highest BCUT2D eigenvalue weighted by molar-refractivity contribution is 7.12. The molecule has 0 saturated heterocycles. The quantitative estimate of drug-likeness (QED) is 0.486. The smallest absolute Gasteiger partial charge is 0.363 e. The van der Waals surface area contributed by atoms with Crippen LogP contribution in [0.3, 0.4) is 0 Å². The topological polar surface area (TPSA) is 65.0 Å². The molecule has 0 unspecified atom stereocenters. The monoisotopic (exact) mass is 341 g/mol. The molecular weight excluding hydrogens is 326 g/mol. The molecule has 0 amide bonds. The summed E-state index contributed by atoms with van der Waals surface area (Å²) >= 11 is 1.46. The summed E-state index contributed by atoms with van der Waals surface area (Å²) < 4.78 is 10.4. The van der Waals surface area contributed by atoms with Crippen molar-refractivity contribution in [2.75, 3.05) is 0 Å². The summed E-state index contributed by atoms with van der Waals surface area (Å²) in [7, 11) is 0. The molecule has 0 atom stereocenters. The highest BCUT2D eigenvalue weighted by Crippen LogP contribution is 2.27. The zero-order chi connectivity index (χ0) is 17.3. The SMILES string of the molecule is CC(=O)Oc1c(C)cc(C=C2N=C(c3cccs3)OC2=O)cc1C. The molecule has 24 heavy (non-hydrogen) atoms. The number of esters is 2. The Hall–Kier alpha value is -2.73. The van der Waals surface area contributed by atoms with E-state index in [0.29, 0.717) is 11.6 Å². The number of rotatable bonds is 3. The van der Waals surface area contributed by atoms with E-state index >= 15 is 0 Å². The second kappa shape index (κ2) is 6.41. The lowest BCUT2D eigenvalue weighted by Crippen LogP contribution is -2.05. The Balaban J connectivity index is 1.94. The van der Waals surface area contributed by atoms with Crippen molar-refractivity contribution in [3.63, 3.8) is 0 Å². The molecule has 3 rings (SSSR count). The molecule has 0 saturated carbocycles. The number of benzene rings is 1. The number of hydrogen-bond acceptors (Lipinski definition) is 6. The van der Waals surface area contributed by atoms with Gasteiger partial charge in [0.15, 0.2) is 5.70 Å². The van der Waals surface area contributed by atoms with Crippen LogP contribution in [0.25, 0.3) is 6.08 Å². The van der Waals surface area contributed by atoms with E-state index in [1.807, 2.05) is 43.5 Å². The molecule has 0 N–H and O–H groups in total. The fourth-order valence-electron chi connectivity index (χ4n) is 2.44. The van der Waals surface area contributed by atoms with Crippen LogP contribution in [-0.2, 0) is 14.3 Å². The van der Waals surface area contributed by atoms with Gasteiger partial charge in [-0.1, -0.05) is 6.07 Å². The predicted octanol–water partition coefficient (Wildman–Crippen LogP) is 3.63. The summed E-state index contributed by atoms with van der Waals surface area (Å²) in [5, 5.41) is 1.90. The van der Waals surface area contributed by atoms with Gasteiger partial charge in [0.1, 0.15) is 5.75 Å². The first-order valence-electron chi connectivity index (χ1n) is 7.30. The van der Waals surface area contributed by atoms with Crippen LogP contribution in [0.15, 0.2) is 40.3 Å². The minimum Gasteiger partial charge on any atom is -0.426 e. The summed E-state index contributed by atoms with van der Waals surface area (Å²) in [6.07, 6.45) is 1.67. The van der Waals surface area contributed by atoms with Crippen molar-refractivity contribution < 1.29 is 19.1 Å². The number of aliphatic imine (C=N–C) groups is 1. The van der Waals surface area contributed by atoms with Crippen molar-refractivity contribution in [1.82, 2.24) is 0 Å². The number of carbonyl (C=O) groups is 2. The van der Waals surface area contributed by atoms with Crippen molar-refractivity contribution in [3.8, 4) is 5.75 Å². The van der Waals surface area contributed by atoms with Crippen molar-refractivity contribution >= 4 is 35.2 Å². The minimum absolute atomic E-state index is 0.248. The molecule has 6 heteroatoms. The van der Waals surface area contributed by atoms with Gasteiger partial charge in [0, 0.05) is 6.92 Å². The maximum Gasteiger partial charge on any atom is 0.363 e. The number of cyclic esters (lactones) is 1. The van der Waals surface area contributed by atoms with Gasteiger partial charge in [0.2, 0.25) is 5.90 Å². The minimum atomic E-state index is -0.474. The van der Waals surface area contributed by atoms with Gasteiger partial charge in [-0.25, -0.2) is 9.79 Å². The molecule has 1 aliphatic heterocycles. The standard InChI is InChI=1S/C18H15NO4S/c1-10-7-13(8-11(2)16(10)22-12(3)20)9-14-18(21)23-17(19-14)15-5-4-6-24-15/h4-9H,1-3H3. The van der Waals surface area contributed by atoms with Crippen LogP contribution in [0.5, 0.6) is 5.75 Å². The average molecular weight is 341 g/mol. The second-order valence-electron chi connectivity index (χ2n) is 5.39. The molecule has 5 nitrogen and oxygen atoms in total. The molecular formula is C18H15NO4S. The van der Waals surface area contributed by atoms with Gasteiger partial charge in [-0.2, -0.15) is 0 Å². The zero-order valence-corrected chi connectivity index (χ0v) is 14.3. The van der Waals surface area contributed by atoms with E-state index in [1.165, 1.54) is 18.3 Å². The molecule has 0 fully saturated rings. The van der Waals surface area contributed by atoms with Gasteiger partial charge in [-0.15, -0.1) is 11.3 Å². The lowest BCUT2D eigenvalue weighted by atomic mass is 10.0. The predicted molar refractivity (Wildman–Crippen MR) is 92.2 cm³/mol. The third-order valence-corrected chi connectivity index (χ3v) is 4.24. The fourth-order valence-corrected chi connectivity index (χ4v) is 3.09. The maximum absolute atomic E-state index is 12.0. The Morgan fingerprint density at radius 3 is 2.58 bits per heavy atom. The van der Waals surface area contributed by atoms with Gasteiger partial charge in [-0.3, -0.25) is 4.79 Å². The third-order valence-electron chi connectivity index (χ3n) is 3.38. The van der Waals surface area contributed by atoms with Crippen LogP contribution in [0.2, 0.25) is 0 Å². The van der Waals surface area contributed by atoms with E-state index in [-0.39, 0.29) is 11.7 Å². The van der Waals surface area contributed by atoms with Crippen molar-refractivity contribution in [3.05, 3.63) is 56.9 Å². The van der Waals surface area contributed by atoms with Gasteiger partial charge < -0.3 is 9.47 Å². The van der Waals surface area contributed by atoms with Crippen LogP contribution in [0, 0.1) is 13.8 Å². The molecule has 1 aromatic carbocycles. The summed E-state index contributed by atoms with van der Waals surface area (Å²) in [6, 6.07) is 7.40. The van der Waals surface area contributed by atoms with Gasteiger partial charge in [0.05, 0.1) is 4.88 Å². The van der Waals surface area contributed by atoms with Crippen LogP contribution in [0.4, 0.5) is 0 Å². The number of ether oxygens (including phenoxy) is 2. The highest BCUT2D eigenvalue weighted by Gasteiger charge is 2.24. The van der Waals surface area contributed by atoms with E-state index in [1.54, 1.807) is 6.08 Å². The number of nitrogens with zero attached hydrogens (tertiary/aromatic N) is 1. The molecule has 0 aliphatic carbocycles. The van der Waals surface area contributed by atoms with Gasteiger partial charge in [-0.05, 0) is 60.2 Å². The summed E-state index contributed by atoms with van der Waals surface area (Å²) in [6.45, 7) is 5.06. The fraction of sp³-hybridized carbons (Fsp3) is 0.167. The summed E-state index contributed by atoms with van der Waals surface area (Å²) in [4.78, 5) is 28.2. The van der Waals surface area contributed by atoms with Gasteiger partial charge in [0.25, 0.3) is 0 Å². The third kappa shape index (κ3) is 3.28. The number of carbonyl (C=O) groups excluding carboxylic acids is 2. The number of aryl methyl sites for hydroxylation is 2. The highest BCUT2D eigenvalue weighted by atomic mass is 32.1. The first-order chi connectivity index (χ1) is 11.4. The average Bonchev–Trinajstić information content (AvgIpc) is 3.13. The molecule has 0 spiro atoms. The van der Waals surface area contributed by atoms with Crippen LogP contribution in [-0.4, -0.2) is 17.8 Å². The Bertz CT molecular complexity index is 855. The number of hydrogen-bond donors (Lipinski definition) is 0. The first-order valence-corrected chi connectivity index (χ1v) is 8.18. The summed E-state index contributed by atoms with van der Waals surface area (Å²) in [5.74, 6) is 0.0299. The number of thiophene rings is 1. The molecule has 0 bridgehead atoms. The van der Waals surface area contributed by atoms with E-state index in [0.717, 1.165) is 21.6 Å². The lowest BCUT2D eigenvalue weighted by Gasteiger charge is -2.10. The zero-order valence-electron chi connectivity index (χ0n) is 13.5. The molecule has 1 aliphatic rings. The Morgan fingerprint density at radius 1 is 1.29 bits per heavy atom. The van der Waals surface area contributed by atoms with E-state index < -0.39 is 5.97 Å². The molecule has 0 radical (unpaired) electrons. The Labute approximate surface area is 143 Å². The molecule has 122 valence electrons. The van der Waals surface area contributed by atoms with E-state index in [2.05, 4.69) is 4.99 Å². The molecule has 1 aromatic heterocycles. The van der Waals surface area contributed by atoms with Crippen LogP contribution >= 0.6 is 11.3 Å². The van der Waals surface area contributed by atoms with Crippen LogP contribution < -0.4 is 4.74 Å². The second-order valence-corrected chi connectivity index (χ2v) is 6.34. The normalized spacial score (nSPS) is 15.4. The molecule has 2 aromatic rings. The Kier molecular flexibility index (Phi) is 4.31. The Morgan fingerprint density at radius 2 is 2.00 bits per heavy atom. The molecule has 2 heterocycles.